The van der Waals surface area contributed by atoms with E-state index in [9.17, 15) is 0 Å². The van der Waals surface area contributed by atoms with Crippen molar-refractivity contribution in [3.8, 4) is 5.69 Å². The molecule has 0 unspecified atom stereocenters. The van der Waals surface area contributed by atoms with Crippen LogP contribution in [-0.2, 0) is 0 Å². The lowest BCUT2D eigenvalue weighted by Gasteiger charge is -2.15. The highest BCUT2D eigenvalue weighted by atomic mass is 79.9. The summed E-state index contributed by atoms with van der Waals surface area (Å²) in [5.74, 6) is 1.19. The van der Waals surface area contributed by atoms with Crippen LogP contribution in [0.25, 0.3) is 11.3 Å². The monoisotopic (exact) mass is 396 g/mol. The van der Waals surface area contributed by atoms with Crippen LogP contribution < -0.4 is 5.46 Å². The van der Waals surface area contributed by atoms with Gasteiger partial charge in [0.2, 0.25) is 0 Å². The third kappa shape index (κ3) is 5.60. The summed E-state index contributed by atoms with van der Waals surface area (Å²) in [6.45, 7) is 16.2. The van der Waals surface area contributed by atoms with E-state index in [2.05, 4.69) is 73.9 Å². The van der Waals surface area contributed by atoms with Gasteiger partial charge in [0.1, 0.15) is 13.7 Å². The normalized spacial score (nSPS) is 11.0. The Morgan fingerprint density at radius 2 is 2.00 bits per heavy atom. The lowest BCUT2D eigenvalue weighted by atomic mass is 9.85. The standard InChI is InChI=1S/C18H18BBrN2.C3H8/c1-5-6-16(13(4)20)18-21-9-10-22(18)14-7-8-15(12(2)3)17(19)11-14;1-3-2/h5-12H,1,4H2,2-3H3;3H2,1-2H3/b16-6+;. The molecule has 0 bridgehead atoms. The summed E-state index contributed by atoms with van der Waals surface area (Å²) >= 11 is 3.43. The first-order valence-electron chi connectivity index (χ1n) is 8.48. The number of hydrogen-bond acceptors (Lipinski definition) is 1. The number of rotatable bonds is 5. The van der Waals surface area contributed by atoms with Gasteiger partial charge in [-0.3, -0.25) is 4.57 Å². The van der Waals surface area contributed by atoms with Gasteiger partial charge >= 0.3 is 0 Å². The Kier molecular flexibility index (Phi) is 8.70. The van der Waals surface area contributed by atoms with Gasteiger partial charge in [-0.1, -0.05) is 92.4 Å². The van der Waals surface area contributed by atoms with Crippen molar-refractivity contribution in [2.24, 2.45) is 0 Å². The van der Waals surface area contributed by atoms with Gasteiger partial charge in [-0.05, 0) is 18.1 Å². The van der Waals surface area contributed by atoms with Gasteiger partial charge in [0.15, 0.2) is 0 Å². The molecule has 0 aliphatic heterocycles. The summed E-state index contributed by atoms with van der Waals surface area (Å²) in [6.07, 6.45) is 8.51. The van der Waals surface area contributed by atoms with Crippen LogP contribution in [0.2, 0.25) is 0 Å². The first kappa shape index (κ1) is 21.2. The Morgan fingerprint density at radius 3 is 2.48 bits per heavy atom. The molecule has 25 heavy (non-hydrogen) atoms. The molecule has 0 N–H and O–H groups in total. The molecule has 0 atom stereocenters. The zero-order chi connectivity index (χ0) is 19.0. The summed E-state index contributed by atoms with van der Waals surface area (Å²) in [4.78, 5) is 4.44. The van der Waals surface area contributed by atoms with Gasteiger partial charge in [0.25, 0.3) is 0 Å². The molecule has 2 rings (SSSR count). The van der Waals surface area contributed by atoms with Crippen molar-refractivity contribution in [2.45, 2.75) is 40.0 Å². The molecule has 2 radical (unpaired) electrons. The van der Waals surface area contributed by atoms with Crippen molar-refractivity contribution in [3.05, 3.63) is 71.8 Å². The highest BCUT2D eigenvalue weighted by molar-refractivity contribution is 9.12. The van der Waals surface area contributed by atoms with Crippen molar-refractivity contribution in [3.63, 3.8) is 0 Å². The Bertz CT molecular complexity index is 757. The Morgan fingerprint density at radius 1 is 1.36 bits per heavy atom. The number of aromatic nitrogens is 2. The fourth-order valence-electron chi connectivity index (χ4n) is 2.35. The van der Waals surface area contributed by atoms with Crippen LogP contribution in [0.15, 0.2) is 60.4 Å². The minimum absolute atomic E-state index is 0.398. The van der Waals surface area contributed by atoms with Gasteiger partial charge in [0.05, 0.1) is 0 Å². The first-order valence-corrected chi connectivity index (χ1v) is 9.27. The minimum Gasteiger partial charge on any atom is -0.300 e. The second kappa shape index (κ2) is 10.2. The number of allylic oxidation sites excluding steroid dienone is 4. The summed E-state index contributed by atoms with van der Waals surface area (Å²) in [7, 11) is 6.18. The maximum Gasteiger partial charge on any atom is 0.145 e. The summed E-state index contributed by atoms with van der Waals surface area (Å²) in [5.41, 5.74) is 3.79. The molecule has 1 heterocycles. The Balaban J connectivity index is 0.000000970. The number of halogens is 1. The van der Waals surface area contributed by atoms with Crippen LogP contribution in [0.4, 0.5) is 0 Å². The molecule has 4 heteroatoms. The molecule has 0 aliphatic rings. The maximum absolute atomic E-state index is 6.18. The van der Waals surface area contributed by atoms with Crippen molar-refractivity contribution in [1.29, 1.82) is 0 Å². The van der Waals surface area contributed by atoms with Crippen molar-refractivity contribution >= 4 is 34.8 Å². The molecule has 0 saturated heterocycles. The van der Waals surface area contributed by atoms with Crippen molar-refractivity contribution in [2.75, 3.05) is 0 Å². The number of imidazole rings is 1. The average molecular weight is 397 g/mol. The largest absolute Gasteiger partial charge is 0.300 e. The molecule has 130 valence electrons. The Labute approximate surface area is 161 Å². The van der Waals surface area contributed by atoms with E-state index in [-0.39, 0.29) is 0 Å². The van der Waals surface area contributed by atoms with Gasteiger partial charge in [-0.2, -0.15) is 0 Å². The molecule has 0 saturated carbocycles. The molecule has 1 aromatic heterocycles. The van der Waals surface area contributed by atoms with Crippen LogP contribution in [-0.4, -0.2) is 17.4 Å². The quantitative estimate of drug-likeness (QED) is 0.469. The van der Waals surface area contributed by atoms with Gasteiger partial charge in [-0.25, -0.2) is 4.98 Å². The summed E-state index contributed by atoms with van der Waals surface area (Å²) < 4.78 is 2.74. The Hall–Kier alpha value is -1.81. The smallest absolute Gasteiger partial charge is 0.145 e. The molecule has 0 amide bonds. The molecule has 2 aromatic rings. The predicted octanol–water partition coefficient (Wildman–Crippen LogP) is 5.68. The number of benzene rings is 1. The van der Waals surface area contributed by atoms with E-state index in [1.807, 2.05) is 22.9 Å². The van der Waals surface area contributed by atoms with E-state index in [1.165, 1.54) is 6.42 Å². The second-order valence-electron chi connectivity index (χ2n) is 6.02. The predicted molar refractivity (Wildman–Crippen MR) is 115 cm³/mol. The minimum atomic E-state index is 0.398. The van der Waals surface area contributed by atoms with E-state index >= 15 is 0 Å². The van der Waals surface area contributed by atoms with Gasteiger partial charge in [0, 0.05) is 28.1 Å². The maximum atomic E-state index is 6.18. The highest BCUT2D eigenvalue weighted by Crippen LogP contribution is 2.27. The van der Waals surface area contributed by atoms with E-state index in [0.717, 1.165) is 32.6 Å². The first-order chi connectivity index (χ1) is 11.9. The van der Waals surface area contributed by atoms with Gasteiger partial charge < -0.3 is 0 Å². The average Bonchev–Trinajstić information content (AvgIpc) is 3.01. The van der Waals surface area contributed by atoms with Crippen LogP contribution >= 0.6 is 15.9 Å². The zero-order valence-electron chi connectivity index (χ0n) is 15.6. The third-order valence-corrected chi connectivity index (χ3v) is 3.86. The fraction of sp³-hybridized carbons (Fsp3) is 0.286. The van der Waals surface area contributed by atoms with Crippen LogP contribution in [0, 0.1) is 0 Å². The fourth-order valence-corrected chi connectivity index (χ4v) is 2.66. The SMILES string of the molecule is CCC.[B]c1cc(-n2ccnc2/C(=C/C=C)C(=C)Br)ccc1C(C)C. The van der Waals surface area contributed by atoms with E-state index in [1.54, 1.807) is 12.3 Å². The molecule has 2 nitrogen and oxygen atoms in total. The topological polar surface area (TPSA) is 17.8 Å². The zero-order valence-corrected chi connectivity index (χ0v) is 17.2. The summed E-state index contributed by atoms with van der Waals surface area (Å²) in [6, 6.07) is 6.10. The lowest BCUT2D eigenvalue weighted by Crippen LogP contribution is -2.13. The van der Waals surface area contributed by atoms with E-state index < -0.39 is 0 Å². The molecule has 0 spiro atoms. The van der Waals surface area contributed by atoms with Crippen LogP contribution in [0.1, 0.15) is 51.4 Å². The summed E-state index contributed by atoms with van der Waals surface area (Å²) in [5, 5.41) is 0. The van der Waals surface area contributed by atoms with Crippen LogP contribution in [0.5, 0.6) is 0 Å². The highest BCUT2D eigenvalue weighted by Gasteiger charge is 2.12. The van der Waals surface area contributed by atoms with Gasteiger partial charge in [-0.15, -0.1) is 0 Å². The molecular formula is C21H26BBrN2. The molecule has 1 aromatic carbocycles. The lowest BCUT2D eigenvalue weighted by molar-refractivity contribution is 0.872. The number of nitrogens with zero attached hydrogens (tertiary/aromatic N) is 2. The second-order valence-corrected chi connectivity index (χ2v) is 6.97. The van der Waals surface area contributed by atoms with E-state index in [4.69, 9.17) is 7.85 Å². The molecule has 0 fully saturated rings. The number of hydrogen-bond donors (Lipinski definition) is 0. The van der Waals surface area contributed by atoms with Crippen molar-refractivity contribution < 1.29 is 0 Å². The molecular weight excluding hydrogens is 371 g/mol. The van der Waals surface area contributed by atoms with Crippen molar-refractivity contribution in [1.82, 2.24) is 9.55 Å². The third-order valence-electron chi connectivity index (χ3n) is 3.43. The van der Waals surface area contributed by atoms with E-state index in [0.29, 0.717) is 5.92 Å². The van der Waals surface area contributed by atoms with Crippen LogP contribution in [0.3, 0.4) is 0 Å². The molecule has 0 aliphatic carbocycles.